The van der Waals surface area contributed by atoms with E-state index in [4.69, 9.17) is 5.11 Å². The second kappa shape index (κ2) is 4.89. The Morgan fingerprint density at radius 1 is 1.35 bits per heavy atom. The smallest absolute Gasteiger partial charge is 0.152 e. The van der Waals surface area contributed by atoms with Crippen LogP contribution in [-0.2, 0) is 13.2 Å². The Morgan fingerprint density at radius 3 is 2.82 bits per heavy atom. The van der Waals surface area contributed by atoms with Gasteiger partial charge in [0.1, 0.15) is 24.6 Å². The van der Waals surface area contributed by atoms with E-state index in [0.29, 0.717) is 0 Å². The number of aliphatic hydroxyl groups is 1. The SMILES string of the molecule is OCc1ncnn1Cc1c(F)ccc(Br)c1F. The molecule has 1 N–H and O–H groups in total. The third-order valence-corrected chi connectivity index (χ3v) is 2.90. The highest BCUT2D eigenvalue weighted by molar-refractivity contribution is 9.10. The van der Waals surface area contributed by atoms with Gasteiger partial charge < -0.3 is 5.11 Å². The van der Waals surface area contributed by atoms with E-state index in [1.54, 1.807) is 0 Å². The summed E-state index contributed by atoms with van der Waals surface area (Å²) in [7, 11) is 0. The molecule has 0 aliphatic carbocycles. The molecule has 0 aliphatic rings. The summed E-state index contributed by atoms with van der Waals surface area (Å²) in [5.74, 6) is -1.08. The zero-order chi connectivity index (χ0) is 12.4. The van der Waals surface area contributed by atoms with Crippen molar-refractivity contribution in [3.63, 3.8) is 0 Å². The van der Waals surface area contributed by atoms with E-state index in [-0.39, 0.29) is 29.0 Å². The fourth-order valence-corrected chi connectivity index (χ4v) is 1.78. The first-order valence-electron chi connectivity index (χ1n) is 4.73. The average Bonchev–Trinajstić information content (AvgIpc) is 2.77. The molecule has 0 bridgehead atoms. The lowest BCUT2D eigenvalue weighted by Crippen LogP contribution is -2.10. The second-order valence-corrected chi connectivity index (χ2v) is 4.17. The maximum atomic E-state index is 13.7. The normalized spacial score (nSPS) is 10.8. The van der Waals surface area contributed by atoms with Gasteiger partial charge in [0.2, 0.25) is 0 Å². The highest BCUT2D eigenvalue weighted by Crippen LogP contribution is 2.22. The van der Waals surface area contributed by atoms with Crippen LogP contribution in [0.1, 0.15) is 11.4 Å². The van der Waals surface area contributed by atoms with E-state index >= 15 is 0 Å². The second-order valence-electron chi connectivity index (χ2n) is 3.31. The van der Waals surface area contributed by atoms with E-state index < -0.39 is 11.6 Å². The lowest BCUT2D eigenvalue weighted by atomic mass is 10.2. The van der Waals surface area contributed by atoms with Crippen LogP contribution in [0.5, 0.6) is 0 Å². The van der Waals surface area contributed by atoms with Gasteiger partial charge in [0.05, 0.1) is 11.0 Å². The lowest BCUT2D eigenvalue weighted by molar-refractivity contribution is 0.263. The monoisotopic (exact) mass is 303 g/mol. The lowest BCUT2D eigenvalue weighted by Gasteiger charge is -2.08. The molecule has 2 aromatic rings. The summed E-state index contributed by atoms with van der Waals surface area (Å²) in [6.07, 6.45) is 1.22. The molecule has 0 atom stereocenters. The molecule has 1 aromatic heterocycles. The first-order valence-corrected chi connectivity index (χ1v) is 5.52. The Hall–Kier alpha value is -1.34. The minimum atomic E-state index is -0.676. The minimum absolute atomic E-state index is 0.118. The Labute approximate surface area is 104 Å². The number of hydrogen-bond acceptors (Lipinski definition) is 3. The molecule has 0 saturated heterocycles. The fraction of sp³-hybridized carbons (Fsp3) is 0.200. The Kier molecular flexibility index (Phi) is 3.49. The van der Waals surface area contributed by atoms with Crippen molar-refractivity contribution in [1.29, 1.82) is 0 Å². The van der Waals surface area contributed by atoms with Gasteiger partial charge in [-0.1, -0.05) is 0 Å². The van der Waals surface area contributed by atoms with Gasteiger partial charge in [0, 0.05) is 5.56 Å². The molecule has 0 spiro atoms. The third kappa shape index (κ3) is 2.34. The molecule has 7 heteroatoms. The highest BCUT2D eigenvalue weighted by Gasteiger charge is 2.14. The molecule has 2 rings (SSSR count). The number of aromatic nitrogens is 3. The highest BCUT2D eigenvalue weighted by atomic mass is 79.9. The molecule has 1 aromatic carbocycles. The van der Waals surface area contributed by atoms with Gasteiger partial charge in [-0.15, -0.1) is 0 Å². The topological polar surface area (TPSA) is 50.9 Å². The maximum absolute atomic E-state index is 13.7. The zero-order valence-corrected chi connectivity index (χ0v) is 10.2. The standard InChI is InChI=1S/C10H8BrF2N3O/c11-7-1-2-8(12)6(10(7)13)3-16-9(4-17)14-5-15-16/h1-2,5,17H,3-4H2. The van der Waals surface area contributed by atoms with Crippen molar-refractivity contribution < 1.29 is 13.9 Å². The Bertz CT molecular complexity index is 544. The first-order chi connectivity index (χ1) is 8.13. The fourth-order valence-electron chi connectivity index (χ4n) is 1.41. The van der Waals surface area contributed by atoms with Crippen molar-refractivity contribution in [2.75, 3.05) is 0 Å². The van der Waals surface area contributed by atoms with Gasteiger partial charge in [-0.05, 0) is 28.1 Å². The summed E-state index contributed by atoms with van der Waals surface area (Å²) in [6.45, 7) is -0.454. The zero-order valence-electron chi connectivity index (χ0n) is 8.57. The average molecular weight is 304 g/mol. The van der Waals surface area contributed by atoms with Crippen molar-refractivity contribution in [2.24, 2.45) is 0 Å². The van der Waals surface area contributed by atoms with Gasteiger partial charge in [0.25, 0.3) is 0 Å². The molecule has 17 heavy (non-hydrogen) atoms. The molecular weight excluding hydrogens is 296 g/mol. The molecule has 90 valence electrons. The number of nitrogens with zero attached hydrogens (tertiary/aromatic N) is 3. The van der Waals surface area contributed by atoms with E-state index in [1.165, 1.54) is 17.1 Å². The van der Waals surface area contributed by atoms with Crippen LogP contribution in [0, 0.1) is 11.6 Å². The molecular formula is C10H8BrF2N3O. The molecule has 0 aliphatic heterocycles. The van der Waals surface area contributed by atoms with E-state index in [9.17, 15) is 8.78 Å². The molecule has 0 unspecified atom stereocenters. The molecule has 0 radical (unpaired) electrons. The molecule has 0 saturated carbocycles. The number of aliphatic hydroxyl groups excluding tert-OH is 1. The van der Waals surface area contributed by atoms with Crippen LogP contribution in [-0.4, -0.2) is 19.9 Å². The summed E-state index contributed by atoms with van der Waals surface area (Å²) in [5, 5.41) is 12.7. The molecule has 4 nitrogen and oxygen atoms in total. The number of benzene rings is 1. The number of rotatable bonds is 3. The molecule has 0 amide bonds. The molecule has 1 heterocycles. The summed E-state index contributed by atoms with van der Waals surface area (Å²) in [5.41, 5.74) is -0.125. The van der Waals surface area contributed by atoms with Crippen LogP contribution in [0.3, 0.4) is 0 Å². The maximum Gasteiger partial charge on any atom is 0.152 e. The number of halogens is 3. The number of hydrogen-bond donors (Lipinski definition) is 1. The van der Waals surface area contributed by atoms with Crippen molar-refractivity contribution in [3.05, 3.63) is 46.0 Å². The van der Waals surface area contributed by atoms with E-state index in [0.717, 1.165) is 6.07 Å². The van der Waals surface area contributed by atoms with Crippen molar-refractivity contribution in [2.45, 2.75) is 13.2 Å². The van der Waals surface area contributed by atoms with E-state index in [1.807, 2.05) is 0 Å². The van der Waals surface area contributed by atoms with Crippen LogP contribution in [0.2, 0.25) is 0 Å². The van der Waals surface area contributed by atoms with Crippen LogP contribution in [0.4, 0.5) is 8.78 Å². The Morgan fingerprint density at radius 2 is 2.12 bits per heavy atom. The minimum Gasteiger partial charge on any atom is -0.388 e. The van der Waals surface area contributed by atoms with Gasteiger partial charge in [0.15, 0.2) is 5.82 Å². The predicted molar refractivity (Wildman–Crippen MR) is 59.1 cm³/mol. The van der Waals surface area contributed by atoms with Crippen molar-refractivity contribution >= 4 is 15.9 Å². The largest absolute Gasteiger partial charge is 0.388 e. The summed E-state index contributed by atoms with van der Waals surface area (Å²) in [6, 6.07) is 2.46. The van der Waals surface area contributed by atoms with Crippen molar-refractivity contribution in [3.8, 4) is 0 Å². The summed E-state index contributed by atoms with van der Waals surface area (Å²) >= 11 is 2.98. The summed E-state index contributed by atoms with van der Waals surface area (Å²) < 4.78 is 28.6. The third-order valence-electron chi connectivity index (χ3n) is 2.28. The van der Waals surface area contributed by atoms with E-state index in [2.05, 4.69) is 26.0 Å². The predicted octanol–water partition coefficient (Wildman–Crippen LogP) is 1.86. The summed E-state index contributed by atoms with van der Waals surface area (Å²) in [4.78, 5) is 3.76. The van der Waals surface area contributed by atoms with Crippen LogP contribution in [0.15, 0.2) is 22.9 Å². The first kappa shape index (κ1) is 12.1. The van der Waals surface area contributed by atoms with Crippen LogP contribution in [0.25, 0.3) is 0 Å². The van der Waals surface area contributed by atoms with Gasteiger partial charge in [-0.2, -0.15) is 5.10 Å². The van der Waals surface area contributed by atoms with Crippen LogP contribution < -0.4 is 0 Å². The van der Waals surface area contributed by atoms with Crippen molar-refractivity contribution in [1.82, 2.24) is 14.8 Å². The Balaban J connectivity index is 2.39. The molecule has 0 fully saturated rings. The quantitative estimate of drug-likeness (QED) is 0.881. The van der Waals surface area contributed by atoms with Crippen LogP contribution >= 0.6 is 15.9 Å². The van der Waals surface area contributed by atoms with Gasteiger partial charge >= 0.3 is 0 Å². The van der Waals surface area contributed by atoms with Gasteiger partial charge in [-0.25, -0.2) is 18.4 Å². The van der Waals surface area contributed by atoms with Gasteiger partial charge in [-0.3, -0.25) is 0 Å².